The average molecular weight is 203 g/mol. The van der Waals surface area contributed by atoms with E-state index < -0.39 is 11.4 Å². The molecular formula is C9H17NO4. The highest BCUT2D eigenvalue weighted by Gasteiger charge is 2.28. The summed E-state index contributed by atoms with van der Waals surface area (Å²) in [7, 11) is 0. The van der Waals surface area contributed by atoms with Gasteiger partial charge in [-0.15, -0.1) is 0 Å². The molecule has 0 bridgehead atoms. The standard InChI is InChI=1S/C9H17NO4/c1-3-9(5-11,6-12)10-8(14)4-7(2)13/h11-12H,3-6H2,1-2H3,(H,10,14). The first-order valence-corrected chi connectivity index (χ1v) is 4.52. The molecule has 14 heavy (non-hydrogen) atoms. The molecule has 0 unspecified atom stereocenters. The Morgan fingerprint density at radius 2 is 1.79 bits per heavy atom. The summed E-state index contributed by atoms with van der Waals surface area (Å²) in [4.78, 5) is 21.8. The van der Waals surface area contributed by atoms with Crippen LogP contribution in [0.1, 0.15) is 26.7 Å². The van der Waals surface area contributed by atoms with Crippen LogP contribution in [-0.2, 0) is 9.59 Å². The van der Waals surface area contributed by atoms with Crippen molar-refractivity contribution >= 4 is 11.7 Å². The molecule has 0 saturated heterocycles. The lowest BCUT2D eigenvalue weighted by Crippen LogP contribution is -2.54. The molecule has 0 spiro atoms. The first-order chi connectivity index (χ1) is 6.49. The van der Waals surface area contributed by atoms with Crippen LogP contribution in [0.4, 0.5) is 0 Å². The van der Waals surface area contributed by atoms with Crippen molar-refractivity contribution in [2.24, 2.45) is 0 Å². The Hall–Kier alpha value is -0.940. The summed E-state index contributed by atoms with van der Waals surface area (Å²) in [6.45, 7) is 2.36. The number of hydrogen-bond donors (Lipinski definition) is 3. The van der Waals surface area contributed by atoms with Crippen LogP contribution in [-0.4, -0.2) is 40.7 Å². The lowest BCUT2D eigenvalue weighted by Gasteiger charge is -2.29. The number of hydrogen-bond acceptors (Lipinski definition) is 4. The van der Waals surface area contributed by atoms with Crippen LogP contribution in [0.5, 0.6) is 0 Å². The third-order valence-electron chi connectivity index (χ3n) is 2.10. The maximum absolute atomic E-state index is 11.2. The van der Waals surface area contributed by atoms with Crippen molar-refractivity contribution in [1.82, 2.24) is 5.32 Å². The minimum absolute atomic E-state index is 0.220. The molecule has 0 atom stereocenters. The van der Waals surface area contributed by atoms with Gasteiger partial charge >= 0.3 is 0 Å². The highest BCUT2D eigenvalue weighted by molar-refractivity contribution is 5.97. The smallest absolute Gasteiger partial charge is 0.228 e. The summed E-state index contributed by atoms with van der Waals surface area (Å²) in [6, 6.07) is 0. The van der Waals surface area contributed by atoms with Gasteiger partial charge in [-0.3, -0.25) is 9.59 Å². The quantitative estimate of drug-likeness (QED) is 0.494. The highest BCUT2D eigenvalue weighted by atomic mass is 16.3. The molecule has 0 saturated carbocycles. The number of ketones is 1. The third-order valence-corrected chi connectivity index (χ3v) is 2.10. The minimum atomic E-state index is -1.01. The van der Waals surface area contributed by atoms with Crippen LogP contribution in [0.2, 0.25) is 0 Å². The fourth-order valence-electron chi connectivity index (χ4n) is 1.01. The molecule has 0 aromatic heterocycles. The van der Waals surface area contributed by atoms with E-state index in [0.29, 0.717) is 6.42 Å². The molecule has 0 radical (unpaired) electrons. The zero-order valence-corrected chi connectivity index (χ0v) is 8.54. The summed E-state index contributed by atoms with van der Waals surface area (Å²) in [5, 5.41) is 20.5. The van der Waals surface area contributed by atoms with Gasteiger partial charge in [0.05, 0.1) is 25.2 Å². The maximum atomic E-state index is 11.2. The van der Waals surface area contributed by atoms with Gasteiger partial charge in [0, 0.05) is 0 Å². The van der Waals surface area contributed by atoms with Crippen molar-refractivity contribution in [1.29, 1.82) is 0 Å². The number of rotatable bonds is 6. The summed E-state index contributed by atoms with van der Waals surface area (Å²) < 4.78 is 0. The zero-order valence-electron chi connectivity index (χ0n) is 8.54. The Morgan fingerprint density at radius 3 is 2.07 bits per heavy atom. The van der Waals surface area contributed by atoms with Crippen molar-refractivity contribution in [3.05, 3.63) is 0 Å². The number of aliphatic hydroxyl groups excluding tert-OH is 2. The van der Waals surface area contributed by atoms with Gasteiger partial charge in [0.2, 0.25) is 5.91 Å². The van der Waals surface area contributed by atoms with E-state index in [1.807, 2.05) is 0 Å². The van der Waals surface area contributed by atoms with E-state index in [4.69, 9.17) is 10.2 Å². The molecule has 0 fully saturated rings. The number of carbonyl (C=O) groups excluding carboxylic acids is 2. The number of amides is 1. The summed E-state index contributed by atoms with van der Waals surface area (Å²) in [6.07, 6.45) is 0.186. The van der Waals surface area contributed by atoms with Gasteiger partial charge in [-0.2, -0.15) is 0 Å². The Kier molecular flexibility index (Phi) is 5.34. The molecule has 3 N–H and O–H groups in total. The van der Waals surface area contributed by atoms with Gasteiger partial charge in [0.25, 0.3) is 0 Å². The maximum Gasteiger partial charge on any atom is 0.228 e. The Labute approximate surface area is 83.1 Å². The number of carbonyl (C=O) groups is 2. The second-order valence-corrected chi connectivity index (χ2v) is 3.38. The SMILES string of the molecule is CCC(CO)(CO)NC(=O)CC(C)=O. The Bertz CT molecular complexity index is 203. The fraction of sp³-hybridized carbons (Fsp3) is 0.778. The topological polar surface area (TPSA) is 86.6 Å². The molecule has 5 nitrogen and oxygen atoms in total. The Morgan fingerprint density at radius 1 is 1.29 bits per heavy atom. The van der Waals surface area contributed by atoms with E-state index in [1.54, 1.807) is 6.92 Å². The predicted octanol–water partition coefficient (Wildman–Crippen LogP) is -0.785. The van der Waals surface area contributed by atoms with Crippen molar-refractivity contribution in [3.8, 4) is 0 Å². The fourth-order valence-corrected chi connectivity index (χ4v) is 1.01. The van der Waals surface area contributed by atoms with Gasteiger partial charge in [-0.1, -0.05) is 6.92 Å². The van der Waals surface area contributed by atoms with E-state index in [2.05, 4.69) is 5.32 Å². The minimum Gasteiger partial charge on any atom is -0.394 e. The monoisotopic (exact) mass is 203 g/mol. The lowest BCUT2D eigenvalue weighted by molar-refractivity contribution is -0.129. The average Bonchev–Trinajstić information content (AvgIpc) is 2.13. The molecule has 0 aliphatic heterocycles. The van der Waals surface area contributed by atoms with Crippen LogP contribution in [0, 0.1) is 0 Å². The summed E-state index contributed by atoms with van der Waals surface area (Å²) >= 11 is 0. The van der Waals surface area contributed by atoms with Gasteiger partial charge in [-0.25, -0.2) is 0 Å². The van der Waals surface area contributed by atoms with E-state index in [-0.39, 0.29) is 25.4 Å². The lowest BCUT2D eigenvalue weighted by atomic mass is 9.98. The molecule has 5 heteroatoms. The number of Topliss-reactive ketones (excluding diaryl/α,β-unsaturated/α-hetero) is 1. The Balaban J connectivity index is 4.29. The molecular weight excluding hydrogens is 186 g/mol. The van der Waals surface area contributed by atoms with Crippen LogP contribution in [0.25, 0.3) is 0 Å². The molecule has 0 rings (SSSR count). The summed E-state index contributed by atoms with van der Waals surface area (Å²) in [5.41, 5.74) is -1.01. The van der Waals surface area contributed by atoms with E-state index in [1.165, 1.54) is 6.92 Å². The van der Waals surface area contributed by atoms with Gasteiger partial charge in [0.15, 0.2) is 0 Å². The van der Waals surface area contributed by atoms with Crippen LogP contribution in [0.3, 0.4) is 0 Å². The van der Waals surface area contributed by atoms with Gasteiger partial charge < -0.3 is 15.5 Å². The zero-order chi connectivity index (χ0) is 11.2. The van der Waals surface area contributed by atoms with Crippen LogP contribution >= 0.6 is 0 Å². The van der Waals surface area contributed by atoms with Gasteiger partial charge in [-0.05, 0) is 13.3 Å². The van der Waals surface area contributed by atoms with Crippen LogP contribution in [0.15, 0.2) is 0 Å². The molecule has 0 aromatic rings. The predicted molar refractivity (Wildman–Crippen MR) is 50.6 cm³/mol. The highest BCUT2D eigenvalue weighted by Crippen LogP contribution is 2.08. The van der Waals surface area contributed by atoms with Crippen molar-refractivity contribution < 1.29 is 19.8 Å². The van der Waals surface area contributed by atoms with Crippen LogP contribution < -0.4 is 5.32 Å². The summed E-state index contributed by atoms with van der Waals surface area (Å²) in [5.74, 6) is -0.717. The number of nitrogens with one attached hydrogen (secondary N) is 1. The molecule has 0 aliphatic carbocycles. The van der Waals surface area contributed by atoms with Crippen molar-refractivity contribution in [2.75, 3.05) is 13.2 Å². The molecule has 82 valence electrons. The number of aliphatic hydroxyl groups is 2. The second-order valence-electron chi connectivity index (χ2n) is 3.38. The molecule has 0 aromatic carbocycles. The molecule has 1 amide bonds. The molecule has 0 aliphatic rings. The van der Waals surface area contributed by atoms with Gasteiger partial charge in [0.1, 0.15) is 5.78 Å². The van der Waals surface area contributed by atoms with Crippen molar-refractivity contribution in [2.45, 2.75) is 32.2 Å². The molecule has 0 heterocycles. The second kappa shape index (κ2) is 5.72. The normalized spacial score (nSPS) is 11.1. The first kappa shape index (κ1) is 13.1. The first-order valence-electron chi connectivity index (χ1n) is 4.52. The van der Waals surface area contributed by atoms with E-state index in [0.717, 1.165) is 0 Å². The van der Waals surface area contributed by atoms with E-state index in [9.17, 15) is 9.59 Å². The van der Waals surface area contributed by atoms with Crippen molar-refractivity contribution in [3.63, 3.8) is 0 Å². The third kappa shape index (κ3) is 3.85. The van der Waals surface area contributed by atoms with E-state index >= 15 is 0 Å². The largest absolute Gasteiger partial charge is 0.394 e.